The minimum Gasteiger partial charge on any atom is -0.310 e. The van der Waals surface area contributed by atoms with Crippen molar-refractivity contribution in [3.05, 3.63) is 57.0 Å². The summed E-state index contributed by atoms with van der Waals surface area (Å²) in [6.07, 6.45) is 1.97. The average Bonchev–Trinajstić information content (AvgIpc) is 2.91. The van der Waals surface area contributed by atoms with Crippen molar-refractivity contribution in [2.24, 2.45) is 0 Å². The number of thiophene rings is 1. The normalized spacial score (nSPS) is 12.6. The lowest BCUT2D eigenvalue weighted by atomic mass is 10.0. The summed E-state index contributed by atoms with van der Waals surface area (Å²) in [5, 5.41) is 5.76. The lowest BCUT2D eigenvalue weighted by molar-refractivity contribution is 0.530. The van der Waals surface area contributed by atoms with Crippen molar-refractivity contribution in [2.75, 3.05) is 6.54 Å². The molecule has 1 aromatic carbocycles. The summed E-state index contributed by atoms with van der Waals surface area (Å²) in [7, 11) is 0. The van der Waals surface area contributed by atoms with E-state index in [-0.39, 0.29) is 16.9 Å². The summed E-state index contributed by atoms with van der Waals surface area (Å²) >= 11 is 7.61. The second kappa shape index (κ2) is 7.04. The third-order valence-corrected chi connectivity index (χ3v) is 4.16. The molecule has 1 heterocycles. The fourth-order valence-corrected chi connectivity index (χ4v) is 2.93. The van der Waals surface area contributed by atoms with E-state index < -0.39 is 0 Å². The second-order valence-corrected chi connectivity index (χ2v) is 5.90. The van der Waals surface area contributed by atoms with Crippen LogP contribution >= 0.6 is 22.9 Å². The van der Waals surface area contributed by atoms with E-state index in [1.165, 1.54) is 10.9 Å². The van der Waals surface area contributed by atoms with Gasteiger partial charge in [0.15, 0.2) is 0 Å². The van der Waals surface area contributed by atoms with Gasteiger partial charge in [-0.15, -0.1) is 11.3 Å². The summed E-state index contributed by atoms with van der Waals surface area (Å²) in [5.74, 6) is -0.365. The maximum atomic E-state index is 13.2. The Morgan fingerprint density at radius 2 is 2.21 bits per heavy atom. The lowest BCUT2D eigenvalue weighted by Gasteiger charge is -2.18. The van der Waals surface area contributed by atoms with Gasteiger partial charge in [0.05, 0.1) is 5.02 Å². The first-order valence-corrected chi connectivity index (χ1v) is 7.67. The quantitative estimate of drug-likeness (QED) is 0.806. The van der Waals surface area contributed by atoms with Crippen LogP contribution in [0.25, 0.3) is 0 Å². The number of halogens is 2. The van der Waals surface area contributed by atoms with E-state index in [1.807, 2.05) is 6.07 Å². The fourth-order valence-electron chi connectivity index (χ4n) is 1.99. The molecular weight excluding hydrogens is 281 g/mol. The van der Waals surface area contributed by atoms with E-state index in [9.17, 15) is 4.39 Å². The van der Waals surface area contributed by atoms with E-state index >= 15 is 0 Å². The maximum absolute atomic E-state index is 13.2. The second-order valence-electron chi connectivity index (χ2n) is 4.46. The first kappa shape index (κ1) is 14.5. The molecule has 102 valence electrons. The van der Waals surface area contributed by atoms with Gasteiger partial charge in [0.1, 0.15) is 5.82 Å². The molecule has 1 N–H and O–H groups in total. The molecule has 2 aromatic rings. The van der Waals surface area contributed by atoms with Crippen LogP contribution in [0.15, 0.2) is 35.7 Å². The molecule has 0 aliphatic rings. The molecule has 0 spiro atoms. The van der Waals surface area contributed by atoms with Gasteiger partial charge in [-0.1, -0.05) is 30.7 Å². The molecule has 19 heavy (non-hydrogen) atoms. The minimum absolute atomic E-state index is 0.177. The molecule has 1 nitrogen and oxygen atoms in total. The summed E-state index contributed by atoms with van der Waals surface area (Å²) in [5.41, 5.74) is 1.04. The third-order valence-electron chi connectivity index (χ3n) is 2.97. The van der Waals surface area contributed by atoms with Crippen molar-refractivity contribution in [3.8, 4) is 0 Å². The van der Waals surface area contributed by atoms with E-state index in [2.05, 4.69) is 29.8 Å². The standard InChI is InChI=1S/C15H17ClFNS/c1-2-7-18-15(10-12-4-3-8-19-12)11-5-6-14(17)13(16)9-11/h3-6,8-9,15,18H,2,7,10H2,1H3. The molecule has 0 saturated heterocycles. The highest BCUT2D eigenvalue weighted by atomic mass is 35.5. The Bertz CT molecular complexity index is 513. The Hall–Kier alpha value is -0.900. The van der Waals surface area contributed by atoms with Crippen molar-refractivity contribution in [3.63, 3.8) is 0 Å². The van der Waals surface area contributed by atoms with E-state index in [0.717, 1.165) is 24.9 Å². The van der Waals surface area contributed by atoms with Gasteiger partial charge >= 0.3 is 0 Å². The van der Waals surface area contributed by atoms with Gasteiger partial charge < -0.3 is 5.32 Å². The Morgan fingerprint density at radius 3 is 2.84 bits per heavy atom. The number of nitrogens with one attached hydrogen (secondary N) is 1. The van der Waals surface area contributed by atoms with Crippen LogP contribution in [0.3, 0.4) is 0 Å². The van der Waals surface area contributed by atoms with Gasteiger partial charge in [-0.3, -0.25) is 0 Å². The predicted octanol–water partition coefficient (Wildman–Crippen LogP) is 4.82. The zero-order chi connectivity index (χ0) is 13.7. The van der Waals surface area contributed by atoms with Crippen LogP contribution in [0.2, 0.25) is 5.02 Å². The topological polar surface area (TPSA) is 12.0 Å². The highest BCUT2D eigenvalue weighted by Gasteiger charge is 2.13. The van der Waals surface area contributed by atoms with Crippen LogP contribution in [0, 0.1) is 5.82 Å². The van der Waals surface area contributed by atoms with Crippen molar-refractivity contribution in [1.82, 2.24) is 5.32 Å². The van der Waals surface area contributed by atoms with Crippen LogP contribution in [0.1, 0.15) is 29.8 Å². The monoisotopic (exact) mass is 297 g/mol. The Morgan fingerprint density at radius 1 is 1.37 bits per heavy atom. The first-order valence-electron chi connectivity index (χ1n) is 6.41. The van der Waals surface area contributed by atoms with Crippen LogP contribution in [-0.2, 0) is 6.42 Å². The average molecular weight is 298 g/mol. The molecule has 0 fully saturated rings. The highest BCUT2D eigenvalue weighted by molar-refractivity contribution is 7.09. The Kier molecular flexibility index (Phi) is 5.37. The summed E-state index contributed by atoms with van der Waals surface area (Å²) < 4.78 is 13.2. The number of hydrogen-bond donors (Lipinski definition) is 1. The zero-order valence-electron chi connectivity index (χ0n) is 10.8. The number of benzene rings is 1. The third kappa shape index (κ3) is 4.03. The maximum Gasteiger partial charge on any atom is 0.141 e. The molecular formula is C15H17ClFNS. The molecule has 1 aromatic heterocycles. The van der Waals surface area contributed by atoms with Gasteiger partial charge in [-0.05, 0) is 42.1 Å². The summed E-state index contributed by atoms with van der Waals surface area (Å²) in [4.78, 5) is 1.31. The number of hydrogen-bond acceptors (Lipinski definition) is 2. The van der Waals surface area contributed by atoms with E-state index in [4.69, 9.17) is 11.6 Å². The van der Waals surface area contributed by atoms with Crippen LogP contribution in [0.4, 0.5) is 4.39 Å². The van der Waals surface area contributed by atoms with Crippen molar-refractivity contribution in [2.45, 2.75) is 25.8 Å². The molecule has 0 aliphatic carbocycles. The van der Waals surface area contributed by atoms with Gasteiger partial charge in [0.2, 0.25) is 0 Å². The van der Waals surface area contributed by atoms with Crippen LogP contribution in [0.5, 0.6) is 0 Å². The molecule has 4 heteroatoms. The summed E-state index contributed by atoms with van der Waals surface area (Å²) in [6.45, 7) is 3.07. The minimum atomic E-state index is -0.365. The molecule has 0 radical (unpaired) electrons. The predicted molar refractivity (Wildman–Crippen MR) is 80.5 cm³/mol. The molecule has 0 bridgehead atoms. The zero-order valence-corrected chi connectivity index (χ0v) is 12.4. The molecule has 2 rings (SSSR count). The molecule has 1 atom stereocenters. The lowest BCUT2D eigenvalue weighted by Crippen LogP contribution is -2.23. The van der Waals surface area contributed by atoms with Gasteiger partial charge in [0.25, 0.3) is 0 Å². The first-order chi connectivity index (χ1) is 9.20. The van der Waals surface area contributed by atoms with E-state index in [0.29, 0.717) is 0 Å². The molecule has 0 aliphatic heterocycles. The van der Waals surface area contributed by atoms with Crippen LogP contribution in [-0.4, -0.2) is 6.54 Å². The Labute approximate surface area is 122 Å². The number of rotatable bonds is 6. The SMILES string of the molecule is CCCNC(Cc1cccs1)c1ccc(F)c(Cl)c1. The molecule has 1 unspecified atom stereocenters. The van der Waals surface area contributed by atoms with Crippen LogP contribution < -0.4 is 5.32 Å². The Balaban J connectivity index is 2.18. The fraction of sp³-hybridized carbons (Fsp3) is 0.333. The van der Waals surface area contributed by atoms with Crippen molar-refractivity contribution >= 4 is 22.9 Å². The highest BCUT2D eigenvalue weighted by Crippen LogP contribution is 2.25. The van der Waals surface area contributed by atoms with Crippen molar-refractivity contribution < 1.29 is 4.39 Å². The van der Waals surface area contributed by atoms with Gasteiger partial charge in [0, 0.05) is 17.3 Å². The summed E-state index contributed by atoms with van der Waals surface area (Å²) in [6, 6.07) is 9.31. The van der Waals surface area contributed by atoms with Gasteiger partial charge in [-0.25, -0.2) is 4.39 Å². The molecule has 0 amide bonds. The van der Waals surface area contributed by atoms with Crippen molar-refractivity contribution in [1.29, 1.82) is 0 Å². The largest absolute Gasteiger partial charge is 0.310 e. The van der Waals surface area contributed by atoms with Gasteiger partial charge in [-0.2, -0.15) is 0 Å². The van der Waals surface area contributed by atoms with E-state index in [1.54, 1.807) is 17.4 Å². The smallest absolute Gasteiger partial charge is 0.141 e. The molecule has 0 saturated carbocycles.